The highest BCUT2D eigenvalue weighted by atomic mass is 79.9. The normalized spacial score (nSPS) is 17.2. The van der Waals surface area contributed by atoms with Crippen LogP contribution < -0.4 is 0 Å². The molecule has 6 nitrogen and oxygen atoms in total. The Balaban J connectivity index is 1.59. The first-order valence-electron chi connectivity index (χ1n) is 10.0. The number of aliphatic imine (C=N–C) groups is 1. The number of rotatable bonds is 3. The average Bonchev–Trinajstić information content (AvgIpc) is 3.06. The van der Waals surface area contributed by atoms with E-state index < -0.39 is 0 Å². The molecule has 3 aromatic rings. The zero-order valence-electron chi connectivity index (χ0n) is 16.7. The van der Waals surface area contributed by atoms with Crippen LogP contribution in [0.1, 0.15) is 22.8 Å². The molecule has 1 saturated heterocycles. The molecule has 30 heavy (non-hydrogen) atoms. The number of piperazine rings is 1. The third-order valence-electron chi connectivity index (χ3n) is 5.72. The van der Waals surface area contributed by atoms with Gasteiger partial charge in [-0.2, -0.15) is 0 Å². The molecule has 5 rings (SSSR count). The lowest BCUT2D eigenvalue weighted by Gasteiger charge is -2.32. The van der Waals surface area contributed by atoms with Crippen molar-refractivity contribution in [2.45, 2.75) is 13.1 Å². The molecular weight excluding hydrogens is 464 g/mol. The third kappa shape index (κ3) is 3.71. The molecule has 0 saturated carbocycles. The second-order valence-electron chi connectivity index (χ2n) is 7.75. The van der Waals surface area contributed by atoms with Gasteiger partial charge in [-0.15, -0.1) is 10.2 Å². The summed E-state index contributed by atoms with van der Waals surface area (Å²) in [7, 11) is 2.17. The molecular formula is C22H22BrClN6. The number of likely N-dealkylation sites (N-methyl/N-ethyl adjacent to an activating group) is 1. The van der Waals surface area contributed by atoms with Crippen LogP contribution in [0.3, 0.4) is 0 Å². The second kappa shape index (κ2) is 8.23. The summed E-state index contributed by atoms with van der Waals surface area (Å²) in [5.74, 6) is 1.80. The number of fused-ring (bicyclic) bond motifs is 3. The standard InChI is InChI=1S/C22H22BrClN6/c1-28-8-10-29(11-9-28)14-21-27-26-20-13-25-22(16-4-2-3-5-18(16)24)17-7-6-15(23)12-19(17)30(20)21/h2-7,12H,8-11,13-14H2,1H3. The minimum Gasteiger partial charge on any atom is -0.304 e. The second-order valence-corrected chi connectivity index (χ2v) is 9.08. The summed E-state index contributed by atoms with van der Waals surface area (Å²) < 4.78 is 3.18. The molecule has 0 N–H and O–H groups in total. The molecule has 0 amide bonds. The van der Waals surface area contributed by atoms with Crippen LogP contribution in [0.25, 0.3) is 5.69 Å². The molecule has 2 aliphatic rings. The Morgan fingerprint density at radius 1 is 1.00 bits per heavy atom. The van der Waals surface area contributed by atoms with Crippen LogP contribution in [0.4, 0.5) is 0 Å². The van der Waals surface area contributed by atoms with Crippen molar-refractivity contribution in [3.8, 4) is 5.69 Å². The maximum absolute atomic E-state index is 6.53. The van der Waals surface area contributed by atoms with Gasteiger partial charge in [0.15, 0.2) is 11.6 Å². The van der Waals surface area contributed by atoms with E-state index in [2.05, 4.69) is 59.7 Å². The van der Waals surface area contributed by atoms with E-state index in [0.717, 1.165) is 71.4 Å². The Morgan fingerprint density at radius 2 is 1.80 bits per heavy atom. The van der Waals surface area contributed by atoms with Gasteiger partial charge in [-0.1, -0.05) is 45.7 Å². The van der Waals surface area contributed by atoms with Crippen molar-refractivity contribution < 1.29 is 0 Å². The minimum atomic E-state index is 0.461. The highest BCUT2D eigenvalue weighted by Crippen LogP contribution is 2.30. The fourth-order valence-corrected chi connectivity index (χ4v) is 4.63. The van der Waals surface area contributed by atoms with E-state index in [0.29, 0.717) is 11.6 Å². The van der Waals surface area contributed by atoms with E-state index >= 15 is 0 Å². The topological polar surface area (TPSA) is 49.6 Å². The van der Waals surface area contributed by atoms with Crippen LogP contribution in [0, 0.1) is 0 Å². The summed E-state index contributed by atoms with van der Waals surface area (Å²) in [6.45, 7) is 5.44. The maximum atomic E-state index is 6.53. The van der Waals surface area contributed by atoms with Crippen molar-refractivity contribution in [2.75, 3.05) is 33.2 Å². The monoisotopic (exact) mass is 484 g/mol. The summed E-state index contributed by atoms with van der Waals surface area (Å²) in [4.78, 5) is 9.71. The third-order valence-corrected chi connectivity index (χ3v) is 6.54. The van der Waals surface area contributed by atoms with E-state index in [4.69, 9.17) is 16.6 Å². The molecule has 1 fully saturated rings. The molecule has 3 heterocycles. The molecule has 0 spiro atoms. The molecule has 1 aromatic heterocycles. The zero-order valence-corrected chi connectivity index (χ0v) is 19.1. The van der Waals surface area contributed by atoms with Crippen molar-refractivity contribution in [3.05, 3.63) is 74.7 Å². The van der Waals surface area contributed by atoms with Crippen LogP contribution in [0.2, 0.25) is 5.02 Å². The molecule has 0 aliphatic carbocycles. The fourth-order valence-electron chi connectivity index (χ4n) is 4.05. The van der Waals surface area contributed by atoms with E-state index in [1.54, 1.807) is 0 Å². The molecule has 8 heteroatoms. The Bertz CT molecular complexity index is 1120. The minimum absolute atomic E-state index is 0.461. The molecule has 2 aromatic carbocycles. The summed E-state index contributed by atoms with van der Waals surface area (Å²) in [6.07, 6.45) is 0. The summed E-state index contributed by atoms with van der Waals surface area (Å²) in [6, 6.07) is 14.1. The van der Waals surface area contributed by atoms with Gasteiger partial charge in [0.2, 0.25) is 0 Å². The molecule has 0 unspecified atom stereocenters. The molecule has 0 atom stereocenters. The lowest BCUT2D eigenvalue weighted by Crippen LogP contribution is -2.44. The van der Waals surface area contributed by atoms with E-state index in [1.165, 1.54) is 0 Å². The highest BCUT2D eigenvalue weighted by Gasteiger charge is 2.25. The summed E-state index contributed by atoms with van der Waals surface area (Å²) in [5, 5.41) is 9.74. The number of hydrogen-bond donors (Lipinski definition) is 0. The Morgan fingerprint density at radius 3 is 2.60 bits per heavy atom. The van der Waals surface area contributed by atoms with Gasteiger partial charge in [0, 0.05) is 46.8 Å². The summed E-state index contributed by atoms with van der Waals surface area (Å²) in [5.41, 5.74) is 3.88. The zero-order chi connectivity index (χ0) is 20.7. The number of halogens is 2. The lowest BCUT2D eigenvalue weighted by atomic mass is 10.0. The number of aromatic nitrogens is 3. The predicted octanol–water partition coefficient (Wildman–Crippen LogP) is 3.78. The van der Waals surface area contributed by atoms with Gasteiger partial charge in [-0.25, -0.2) is 0 Å². The Labute approximate surface area is 189 Å². The molecule has 154 valence electrons. The first kappa shape index (κ1) is 19.9. The quantitative estimate of drug-likeness (QED) is 0.566. The van der Waals surface area contributed by atoms with Crippen molar-refractivity contribution in [3.63, 3.8) is 0 Å². The van der Waals surface area contributed by atoms with E-state index in [-0.39, 0.29) is 0 Å². The first-order valence-corrected chi connectivity index (χ1v) is 11.2. The Hall–Kier alpha value is -2.06. The van der Waals surface area contributed by atoms with Gasteiger partial charge in [-0.3, -0.25) is 14.5 Å². The van der Waals surface area contributed by atoms with Crippen molar-refractivity contribution >= 4 is 33.2 Å². The van der Waals surface area contributed by atoms with Crippen LogP contribution >= 0.6 is 27.5 Å². The van der Waals surface area contributed by atoms with Gasteiger partial charge < -0.3 is 4.90 Å². The summed E-state index contributed by atoms with van der Waals surface area (Å²) >= 11 is 10.2. The van der Waals surface area contributed by atoms with Gasteiger partial charge in [-0.05, 0) is 31.3 Å². The van der Waals surface area contributed by atoms with Crippen LogP contribution in [0.15, 0.2) is 51.9 Å². The molecule has 0 radical (unpaired) electrons. The predicted molar refractivity (Wildman–Crippen MR) is 123 cm³/mol. The van der Waals surface area contributed by atoms with Gasteiger partial charge >= 0.3 is 0 Å². The van der Waals surface area contributed by atoms with Crippen molar-refractivity contribution in [2.24, 2.45) is 4.99 Å². The highest BCUT2D eigenvalue weighted by molar-refractivity contribution is 9.10. The van der Waals surface area contributed by atoms with E-state index in [1.807, 2.05) is 30.3 Å². The number of hydrogen-bond acceptors (Lipinski definition) is 5. The fraction of sp³-hybridized carbons (Fsp3) is 0.318. The number of benzene rings is 2. The van der Waals surface area contributed by atoms with Crippen molar-refractivity contribution in [1.82, 2.24) is 24.6 Å². The largest absolute Gasteiger partial charge is 0.304 e. The van der Waals surface area contributed by atoms with Gasteiger partial charge in [0.05, 0.1) is 17.9 Å². The van der Waals surface area contributed by atoms with Crippen molar-refractivity contribution in [1.29, 1.82) is 0 Å². The Kier molecular flexibility index (Phi) is 5.45. The number of nitrogens with zero attached hydrogens (tertiary/aromatic N) is 6. The first-order chi connectivity index (χ1) is 14.6. The smallest absolute Gasteiger partial charge is 0.159 e. The average molecular weight is 486 g/mol. The lowest BCUT2D eigenvalue weighted by molar-refractivity contribution is 0.145. The molecule has 0 bridgehead atoms. The van der Waals surface area contributed by atoms with Crippen LogP contribution in [-0.4, -0.2) is 63.5 Å². The SMILES string of the molecule is CN1CCN(Cc2nnc3n2-c2cc(Br)ccc2C(c2ccccc2Cl)=NC3)CC1. The van der Waals surface area contributed by atoms with Crippen LogP contribution in [-0.2, 0) is 13.1 Å². The van der Waals surface area contributed by atoms with Gasteiger partial charge in [0.25, 0.3) is 0 Å². The van der Waals surface area contributed by atoms with E-state index in [9.17, 15) is 0 Å². The molecule has 2 aliphatic heterocycles. The van der Waals surface area contributed by atoms with Crippen LogP contribution in [0.5, 0.6) is 0 Å². The maximum Gasteiger partial charge on any atom is 0.159 e. The van der Waals surface area contributed by atoms with Gasteiger partial charge in [0.1, 0.15) is 6.54 Å².